The summed E-state index contributed by atoms with van der Waals surface area (Å²) in [4.78, 5) is 0.734. The van der Waals surface area contributed by atoms with Crippen LogP contribution < -0.4 is 9.47 Å². The van der Waals surface area contributed by atoms with Crippen molar-refractivity contribution in [1.82, 2.24) is 0 Å². The van der Waals surface area contributed by atoms with Crippen molar-refractivity contribution in [2.75, 3.05) is 14.2 Å². The highest BCUT2D eigenvalue weighted by Crippen LogP contribution is 2.31. The van der Waals surface area contributed by atoms with Crippen LogP contribution >= 0.6 is 12.6 Å². The van der Waals surface area contributed by atoms with Crippen LogP contribution in [0.25, 0.3) is 0 Å². The number of hydrogen-bond donors (Lipinski definition) is 1. The molecule has 1 aromatic carbocycles. The minimum atomic E-state index is 0.729. The Balaban J connectivity index is 3.10. The molecule has 60 valence electrons. The highest BCUT2D eigenvalue weighted by molar-refractivity contribution is 7.80. The molecule has 0 saturated carbocycles. The van der Waals surface area contributed by atoms with Crippen molar-refractivity contribution in [3.63, 3.8) is 0 Å². The topological polar surface area (TPSA) is 18.5 Å². The molecule has 0 aromatic heterocycles. The van der Waals surface area contributed by atoms with E-state index in [9.17, 15) is 0 Å². The molecule has 0 heterocycles. The first-order valence-corrected chi connectivity index (χ1v) is 3.64. The lowest BCUT2D eigenvalue weighted by atomic mass is 10.3. The van der Waals surface area contributed by atoms with Crippen molar-refractivity contribution in [3.05, 3.63) is 18.2 Å². The Hall–Kier alpha value is -0.830. The zero-order valence-corrected chi connectivity index (χ0v) is 7.39. The number of hydrogen-bond acceptors (Lipinski definition) is 3. The van der Waals surface area contributed by atoms with E-state index in [0.717, 1.165) is 16.4 Å². The highest BCUT2D eigenvalue weighted by atomic mass is 32.1. The van der Waals surface area contributed by atoms with E-state index in [2.05, 4.69) is 12.6 Å². The van der Waals surface area contributed by atoms with Crippen molar-refractivity contribution in [2.24, 2.45) is 0 Å². The molecule has 1 rings (SSSR count). The Morgan fingerprint density at radius 3 is 1.91 bits per heavy atom. The maximum Gasteiger partial charge on any atom is 0.135 e. The van der Waals surface area contributed by atoms with Crippen molar-refractivity contribution in [2.45, 2.75) is 4.90 Å². The van der Waals surface area contributed by atoms with Crippen LogP contribution in [0.5, 0.6) is 11.5 Å². The van der Waals surface area contributed by atoms with Gasteiger partial charge in [-0.05, 0) is 12.1 Å². The van der Waals surface area contributed by atoms with Gasteiger partial charge in [0.25, 0.3) is 0 Å². The molecular formula is C8H10O2S. The molecule has 0 saturated heterocycles. The first kappa shape index (κ1) is 8.27. The summed E-state index contributed by atoms with van der Waals surface area (Å²) in [6.45, 7) is 0. The number of rotatable bonds is 2. The number of thiol groups is 1. The smallest absolute Gasteiger partial charge is 0.135 e. The van der Waals surface area contributed by atoms with E-state index in [0.29, 0.717) is 0 Å². The van der Waals surface area contributed by atoms with Gasteiger partial charge >= 0.3 is 0 Å². The highest BCUT2D eigenvalue weighted by Gasteiger charge is 2.03. The first-order chi connectivity index (χ1) is 5.29. The molecule has 0 spiro atoms. The monoisotopic (exact) mass is 170 g/mol. The Kier molecular flexibility index (Phi) is 2.65. The van der Waals surface area contributed by atoms with E-state index in [-0.39, 0.29) is 0 Å². The van der Waals surface area contributed by atoms with E-state index in [4.69, 9.17) is 9.47 Å². The summed E-state index contributed by atoms with van der Waals surface area (Å²) in [7, 11) is 3.21. The number of methoxy groups -OCH3 is 2. The molecule has 0 unspecified atom stereocenters. The third-order valence-corrected chi connectivity index (χ3v) is 1.84. The molecule has 0 amide bonds. The standard InChI is InChI=1S/C8H10O2S/c1-9-6-4-3-5-7(10-2)8(6)11/h3-5,11H,1-2H3. The van der Waals surface area contributed by atoms with Gasteiger partial charge in [-0.2, -0.15) is 0 Å². The van der Waals surface area contributed by atoms with Gasteiger partial charge in [-0.15, -0.1) is 12.6 Å². The van der Waals surface area contributed by atoms with Crippen LogP contribution in [0.4, 0.5) is 0 Å². The van der Waals surface area contributed by atoms with Crippen LogP contribution in [0.2, 0.25) is 0 Å². The molecule has 0 N–H and O–H groups in total. The van der Waals surface area contributed by atoms with Gasteiger partial charge in [0.1, 0.15) is 11.5 Å². The average molecular weight is 170 g/mol. The Labute approximate surface area is 71.5 Å². The van der Waals surface area contributed by atoms with Crippen LogP contribution in [0.1, 0.15) is 0 Å². The lowest BCUT2D eigenvalue weighted by molar-refractivity contribution is 0.377. The zero-order valence-electron chi connectivity index (χ0n) is 6.50. The Morgan fingerprint density at radius 2 is 1.55 bits per heavy atom. The molecule has 0 aliphatic rings. The fourth-order valence-electron chi connectivity index (χ4n) is 0.832. The summed E-state index contributed by atoms with van der Waals surface area (Å²) in [6.07, 6.45) is 0. The van der Waals surface area contributed by atoms with Gasteiger partial charge in [0, 0.05) is 0 Å². The maximum absolute atomic E-state index is 5.03. The summed E-state index contributed by atoms with van der Waals surface area (Å²) in [5.74, 6) is 1.46. The van der Waals surface area contributed by atoms with Crippen LogP contribution in [0.15, 0.2) is 23.1 Å². The fraction of sp³-hybridized carbons (Fsp3) is 0.250. The zero-order chi connectivity index (χ0) is 8.27. The lowest BCUT2D eigenvalue weighted by Gasteiger charge is -2.07. The quantitative estimate of drug-likeness (QED) is 0.684. The van der Waals surface area contributed by atoms with Gasteiger partial charge < -0.3 is 9.47 Å². The molecule has 0 bridgehead atoms. The Morgan fingerprint density at radius 1 is 1.09 bits per heavy atom. The second-order valence-electron chi connectivity index (χ2n) is 2.01. The SMILES string of the molecule is COc1cccc(OC)c1S. The molecule has 0 aliphatic heterocycles. The molecule has 1 aromatic rings. The van der Waals surface area contributed by atoms with Crippen LogP contribution in [-0.2, 0) is 0 Å². The van der Waals surface area contributed by atoms with Gasteiger partial charge in [0.05, 0.1) is 19.1 Å². The van der Waals surface area contributed by atoms with Gasteiger partial charge in [-0.25, -0.2) is 0 Å². The van der Waals surface area contributed by atoms with Crippen molar-refractivity contribution in [3.8, 4) is 11.5 Å². The predicted molar refractivity (Wildman–Crippen MR) is 46.8 cm³/mol. The van der Waals surface area contributed by atoms with Crippen molar-refractivity contribution < 1.29 is 9.47 Å². The third-order valence-electron chi connectivity index (χ3n) is 1.40. The molecule has 11 heavy (non-hydrogen) atoms. The van der Waals surface area contributed by atoms with E-state index < -0.39 is 0 Å². The molecule has 2 nitrogen and oxygen atoms in total. The average Bonchev–Trinajstić information content (AvgIpc) is 2.05. The summed E-state index contributed by atoms with van der Waals surface area (Å²) in [6, 6.07) is 5.53. The first-order valence-electron chi connectivity index (χ1n) is 3.19. The van der Waals surface area contributed by atoms with Crippen LogP contribution in [0, 0.1) is 0 Å². The predicted octanol–water partition coefficient (Wildman–Crippen LogP) is 1.99. The Bertz CT molecular complexity index is 226. The van der Waals surface area contributed by atoms with E-state index in [1.165, 1.54) is 0 Å². The molecule has 3 heteroatoms. The lowest BCUT2D eigenvalue weighted by Crippen LogP contribution is -1.88. The molecule has 0 fully saturated rings. The van der Waals surface area contributed by atoms with E-state index >= 15 is 0 Å². The van der Waals surface area contributed by atoms with E-state index in [1.54, 1.807) is 14.2 Å². The second-order valence-corrected chi connectivity index (χ2v) is 2.46. The molecule has 0 aliphatic carbocycles. The fourth-order valence-corrected chi connectivity index (χ4v) is 1.16. The largest absolute Gasteiger partial charge is 0.495 e. The van der Waals surface area contributed by atoms with Crippen molar-refractivity contribution >= 4 is 12.6 Å². The summed E-state index contributed by atoms with van der Waals surface area (Å²) in [5, 5.41) is 0. The minimum absolute atomic E-state index is 0.729. The molecule has 0 radical (unpaired) electrons. The van der Waals surface area contributed by atoms with Gasteiger partial charge in [-0.3, -0.25) is 0 Å². The maximum atomic E-state index is 5.03. The normalized spacial score (nSPS) is 9.36. The van der Waals surface area contributed by atoms with Crippen LogP contribution in [-0.4, -0.2) is 14.2 Å². The van der Waals surface area contributed by atoms with Gasteiger partial charge in [-0.1, -0.05) is 6.07 Å². The minimum Gasteiger partial charge on any atom is -0.495 e. The summed E-state index contributed by atoms with van der Waals surface area (Å²) < 4.78 is 10.1. The number of benzene rings is 1. The van der Waals surface area contributed by atoms with Gasteiger partial charge in [0.15, 0.2) is 0 Å². The molecular weight excluding hydrogens is 160 g/mol. The van der Waals surface area contributed by atoms with E-state index in [1.807, 2.05) is 18.2 Å². The second kappa shape index (κ2) is 3.53. The summed E-state index contributed by atoms with van der Waals surface area (Å²) in [5.41, 5.74) is 0. The third kappa shape index (κ3) is 1.60. The molecule has 0 atom stereocenters. The van der Waals surface area contributed by atoms with Gasteiger partial charge in [0.2, 0.25) is 0 Å². The number of ether oxygens (including phenoxy) is 2. The summed E-state index contributed by atoms with van der Waals surface area (Å²) >= 11 is 4.22. The van der Waals surface area contributed by atoms with Crippen molar-refractivity contribution in [1.29, 1.82) is 0 Å². The van der Waals surface area contributed by atoms with Crippen LogP contribution in [0.3, 0.4) is 0 Å².